The van der Waals surface area contributed by atoms with Gasteiger partial charge in [0, 0.05) is 0 Å². The van der Waals surface area contributed by atoms with Gasteiger partial charge in [0.1, 0.15) is 30.5 Å². The van der Waals surface area contributed by atoms with Crippen LogP contribution < -0.4 is 5.73 Å². The van der Waals surface area contributed by atoms with Crippen molar-refractivity contribution in [2.24, 2.45) is 5.73 Å². The molecule has 1 heterocycles. The van der Waals surface area contributed by atoms with Crippen molar-refractivity contribution in [2.45, 2.75) is 36.7 Å². The van der Waals surface area contributed by atoms with E-state index >= 15 is 0 Å². The Balaban J connectivity index is 2.56. The van der Waals surface area contributed by atoms with Crippen molar-refractivity contribution < 1.29 is 39.8 Å². The van der Waals surface area contributed by atoms with E-state index < -0.39 is 55.9 Å². The molecule has 0 bridgehead atoms. The Morgan fingerprint density at radius 2 is 1.89 bits per heavy atom. The van der Waals surface area contributed by atoms with Crippen LogP contribution in [-0.2, 0) is 14.3 Å². The predicted molar refractivity (Wildman–Crippen MR) is 55.3 cm³/mol. The molecule has 1 rings (SSSR count). The Bertz CT molecular complexity index is 286. The summed E-state index contributed by atoms with van der Waals surface area (Å²) in [6, 6.07) is -1.31. The molecule has 1 aliphatic heterocycles. The Morgan fingerprint density at radius 1 is 1.28 bits per heavy atom. The van der Waals surface area contributed by atoms with Crippen LogP contribution in [0.5, 0.6) is 0 Å². The molecule has 0 spiro atoms. The highest BCUT2D eigenvalue weighted by Gasteiger charge is 2.44. The van der Waals surface area contributed by atoms with Crippen molar-refractivity contribution in [1.29, 1.82) is 0 Å². The first-order chi connectivity index (χ1) is 8.38. The normalized spacial score (nSPS) is 38.4. The van der Waals surface area contributed by atoms with Crippen molar-refractivity contribution in [3.05, 3.63) is 0 Å². The number of ether oxygens (including phenoxy) is 2. The lowest BCUT2D eigenvalue weighted by Gasteiger charge is -2.39. The van der Waals surface area contributed by atoms with Gasteiger partial charge in [0.15, 0.2) is 6.29 Å². The summed E-state index contributed by atoms with van der Waals surface area (Å²) in [5, 5.41) is 45.9. The molecule has 0 radical (unpaired) electrons. The van der Waals surface area contributed by atoms with Gasteiger partial charge in [-0.05, 0) is 0 Å². The van der Waals surface area contributed by atoms with Crippen molar-refractivity contribution >= 4 is 5.97 Å². The number of aliphatic hydroxyl groups is 4. The van der Waals surface area contributed by atoms with E-state index in [4.69, 9.17) is 25.4 Å². The van der Waals surface area contributed by atoms with Gasteiger partial charge in [-0.2, -0.15) is 0 Å². The van der Waals surface area contributed by atoms with Gasteiger partial charge in [-0.1, -0.05) is 0 Å². The summed E-state index contributed by atoms with van der Waals surface area (Å²) in [6.45, 7) is -1.03. The minimum absolute atomic E-state index is 0.446. The zero-order valence-corrected chi connectivity index (χ0v) is 9.42. The second kappa shape index (κ2) is 6.38. The van der Waals surface area contributed by atoms with Gasteiger partial charge < -0.3 is 40.7 Å². The number of nitrogens with two attached hydrogens (primary N) is 1. The lowest BCUT2D eigenvalue weighted by atomic mass is 9.99. The van der Waals surface area contributed by atoms with Crippen LogP contribution in [0.4, 0.5) is 0 Å². The Morgan fingerprint density at radius 3 is 2.39 bits per heavy atom. The average molecular weight is 267 g/mol. The van der Waals surface area contributed by atoms with Crippen LogP contribution in [0, 0.1) is 0 Å². The topological polar surface area (TPSA) is 163 Å². The first-order valence-electron chi connectivity index (χ1n) is 5.29. The lowest BCUT2D eigenvalue weighted by molar-refractivity contribution is -0.301. The van der Waals surface area contributed by atoms with Crippen LogP contribution in [0.1, 0.15) is 0 Å². The molecular formula is C9H17NO8. The van der Waals surface area contributed by atoms with Gasteiger partial charge in [0.05, 0.1) is 13.2 Å². The van der Waals surface area contributed by atoms with Gasteiger partial charge in [0.25, 0.3) is 0 Å². The summed E-state index contributed by atoms with van der Waals surface area (Å²) < 4.78 is 9.89. The largest absolute Gasteiger partial charge is 0.480 e. The first kappa shape index (κ1) is 15.2. The molecule has 0 aromatic heterocycles. The second-order valence-electron chi connectivity index (χ2n) is 3.98. The SMILES string of the molecule is N[C@@H](CO[C@@H]1O[C@H](CO)[C@@H](O)[C@H](O)[C@H]1O)C(=O)O. The number of aliphatic hydroxyl groups excluding tert-OH is 4. The molecule has 18 heavy (non-hydrogen) atoms. The maximum absolute atomic E-state index is 10.5. The fourth-order valence-electron chi connectivity index (χ4n) is 1.47. The minimum Gasteiger partial charge on any atom is -0.480 e. The van der Waals surface area contributed by atoms with E-state index in [0.717, 1.165) is 0 Å². The average Bonchev–Trinajstić information content (AvgIpc) is 2.34. The summed E-state index contributed by atoms with van der Waals surface area (Å²) >= 11 is 0. The van der Waals surface area contributed by atoms with E-state index in [2.05, 4.69) is 0 Å². The molecule has 6 atom stereocenters. The Kier molecular flexibility index (Phi) is 5.41. The van der Waals surface area contributed by atoms with Crippen LogP contribution in [0.25, 0.3) is 0 Å². The maximum Gasteiger partial charge on any atom is 0.322 e. The molecule has 9 nitrogen and oxygen atoms in total. The molecule has 1 aliphatic rings. The molecule has 1 fully saturated rings. The van der Waals surface area contributed by atoms with Gasteiger partial charge in [-0.3, -0.25) is 4.79 Å². The summed E-state index contributed by atoms with van der Waals surface area (Å²) in [6.07, 6.45) is -7.09. The molecule has 0 aromatic carbocycles. The van der Waals surface area contributed by atoms with Crippen LogP contribution >= 0.6 is 0 Å². The van der Waals surface area contributed by atoms with E-state index in [0.29, 0.717) is 0 Å². The molecule has 9 heteroatoms. The number of hydrogen-bond donors (Lipinski definition) is 6. The van der Waals surface area contributed by atoms with E-state index in [1.54, 1.807) is 0 Å². The fourth-order valence-corrected chi connectivity index (χ4v) is 1.47. The Labute approximate surface area is 102 Å². The molecule has 0 amide bonds. The standard InChI is InChI=1S/C9H17NO8/c10-3(8(15)16)2-17-9-7(14)6(13)5(12)4(1-11)18-9/h3-7,9,11-14H,1-2,10H2,(H,15,16)/t3-,4+,5+,6-,7+,9+/m0/s1. The van der Waals surface area contributed by atoms with E-state index in [1.165, 1.54) is 0 Å². The molecule has 0 unspecified atom stereocenters. The summed E-state index contributed by atoms with van der Waals surface area (Å²) in [5.74, 6) is -1.29. The van der Waals surface area contributed by atoms with Crippen molar-refractivity contribution in [2.75, 3.05) is 13.2 Å². The third kappa shape index (κ3) is 3.36. The minimum atomic E-state index is -1.57. The molecular weight excluding hydrogens is 250 g/mol. The molecule has 0 aliphatic carbocycles. The van der Waals surface area contributed by atoms with Gasteiger partial charge in [-0.25, -0.2) is 0 Å². The summed E-state index contributed by atoms with van der Waals surface area (Å²) in [7, 11) is 0. The third-order valence-electron chi connectivity index (χ3n) is 2.61. The van der Waals surface area contributed by atoms with E-state index in [9.17, 15) is 20.1 Å². The summed E-state index contributed by atoms with van der Waals surface area (Å²) in [4.78, 5) is 10.5. The van der Waals surface area contributed by atoms with Crippen LogP contribution in [0.15, 0.2) is 0 Å². The number of carbonyl (C=O) groups is 1. The van der Waals surface area contributed by atoms with Crippen LogP contribution in [-0.4, -0.2) is 81.5 Å². The third-order valence-corrected chi connectivity index (χ3v) is 2.61. The Hall–Kier alpha value is -0.810. The summed E-state index contributed by atoms with van der Waals surface area (Å²) in [5.41, 5.74) is 5.19. The lowest BCUT2D eigenvalue weighted by Crippen LogP contribution is -2.59. The highest BCUT2D eigenvalue weighted by Crippen LogP contribution is 2.21. The predicted octanol–water partition coefficient (Wildman–Crippen LogP) is -3.79. The van der Waals surface area contributed by atoms with Crippen molar-refractivity contribution in [3.63, 3.8) is 0 Å². The van der Waals surface area contributed by atoms with Gasteiger partial charge in [-0.15, -0.1) is 0 Å². The van der Waals surface area contributed by atoms with Gasteiger partial charge in [0.2, 0.25) is 0 Å². The quantitative estimate of drug-likeness (QED) is 0.293. The van der Waals surface area contributed by atoms with Gasteiger partial charge >= 0.3 is 5.97 Å². The highest BCUT2D eigenvalue weighted by molar-refractivity contribution is 5.73. The molecule has 7 N–H and O–H groups in total. The number of aliphatic carboxylic acids is 1. The zero-order valence-electron chi connectivity index (χ0n) is 9.42. The second-order valence-corrected chi connectivity index (χ2v) is 3.98. The highest BCUT2D eigenvalue weighted by atomic mass is 16.7. The molecule has 1 saturated heterocycles. The maximum atomic E-state index is 10.5. The van der Waals surface area contributed by atoms with Crippen LogP contribution in [0.3, 0.4) is 0 Å². The monoisotopic (exact) mass is 267 g/mol. The molecule has 0 saturated carbocycles. The fraction of sp³-hybridized carbons (Fsp3) is 0.889. The number of hydrogen-bond acceptors (Lipinski definition) is 8. The molecule has 106 valence electrons. The number of rotatable bonds is 5. The van der Waals surface area contributed by atoms with E-state index in [-0.39, 0.29) is 0 Å². The zero-order chi connectivity index (χ0) is 13.9. The number of carboxylic acids is 1. The van der Waals surface area contributed by atoms with Crippen molar-refractivity contribution in [1.82, 2.24) is 0 Å². The number of carboxylic acid groups (broad SMARTS) is 1. The van der Waals surface area contributed by atoms with Crippen LogP contribution in [0.2, 0.25) is 0 Å². The smallest absolute Gasteiger partial charge is 0.322 e. The first-order valence-corrected chi connectivity index (χ1v) is 5.29. The van der Waals surface area contributed by atoms with Crippen molar-refractivity contribution in [3.8, 4) is 0 Å². The van der Waals surface area contributed by atoms with E-state index in [1.807, 2.05) is 0 Å². The molecule has 0 aromatic rings.